The first-order chi connectivity index (χ1) is 8.74. The van der Waals surface area contributed by atoms with Crippen LogP contribution in [0.15, 0.2) is 35.9 Å². The highest BCUT2D eigenvalue weighted by atomic mass is 16.3. The largest absolute Gasteiger partial charge is 0.396 e. The quantitative estimate of drug-likeness (QED) is 0.801. The van der Waals surface area contributed by atoms with Crippen LogP contribution in [0.2, 0.25) is 0 Å². The molecule has 0 radical (unpaired) electrons. The van der Waals surface area contributed by atoms with Gasteiger partial charge in [-0.1, -0.05) is 13.0 Å². The van der Waals surface area contributed by atoms with Gasteiger partial charge in [-0.3, -0.25) is 4.99 Å². The first-order valence-corrected chi connectivity index (χ1v) is 6.54. The molecular formula is C14H21N3O. The number of nitrogens with zero attached hydrogens (tertiary/aromatic N) is 3. The average molecular weight is 247 g/mol. The van der Waals surface area contributed by atoms with Crippen LogP contribution in [0.4, 0.5) is 0 Å². The van der Waals surface area contributed by atoms with E-state index in [1.165, 1.54) is 0 Å². The lowest BCUT2D eigenvalue weighted by atomic mass is 9.85. The summed E-state index contributed by atoms with van der Waals surface area (Å²) in [6.45, 7) is 3.27. The Labute approximate surface area is 108 Å². The molecule has 1 aliphatic rings. The van der Waals surface area contributed by atoms with Gasteiger partial charge in [0.25, 0.3) is 0 Å². The first-order valence-electron chi connectivity index (χ1n) is 6.54. The van der Waals surface area contributed by atoms with E-state index in [1.807, 2.05) is 24.8 Å². The van der Waals surface area contributed by atoms with Crippen molar-refractivity contribution >= 4 is 6.21 Å². The lowest BCUT2D eigenvalue weighted by Crippen LogP contribution is -2.26. The average Bonchev–Trinajstić information content (AvgIpc) is 3.01. The molecule has 1 aromatic rings. The number of rotatable bonds is 7. The Hall–Kier alpha value is -1.42. The molecule has 0 saturated carbocycles. The fourth-order valence-corrected chi connectivity index (χ4v) is 2.48. The third-order valence-corrected chi connectivity index (χ3v) is 3.42. The number of aromatic nitrogens is 2. The summed E-state index contributed by atoms with van der Waals surface area (Å²) < 4.78 is 2.09. The zero-order valence-corrected chi connectivity index (χ0v) is 10.9. The van der Waals surface area contributed by atoms with E-state index in [-0.39, 0.29) is 18.1 Å². The van der Waals surface area contributed by atoms with Crippen LogP contribution in [0.5, 0.6) is 0 Å². The fourth-order valence-electron chi connectivity index (χ4n) is 2.48. The highest BCUT2D eigenvalue weighted by Gasteiger charge is 2.29. The summed E-state index contributed by atoms with van der Waals surface area (Å²) in [7, 11) is 0. The minimum atomic E-state index is -0.0945. The highest BCUT2D eigenvalue weighted by molar-refractivity contribution is 5.75. The fraction of sp³-hybridized carbons (Fsp3) is 0.571. The Morgan fingerprint density at radius 2 is 2.33 bits per heavy atom. The van der Waals surface area contributed by atoms with E-state index in [9.17, 15) is 5.11 Å². The van der Waals surface area contributed by atoms with Crippen molar-refractivity contribution in [1.29, 1.82) is 0 Å². The van der Waals surface area contributed by atoms with Gasteiger partial charge in [-0.25, -0.2) is 4.98 Å². The molecule has 0 spiro atoms. The second kappa shape index (κ2) is 5.96. The van der Waals surface area contributed by atoms with Gasteiger partial charge in [0.15, 0.2) is 0 Å². The van der Waals surface area contributed by atoms with Crippen LogP contribution >= 0.6 is 0 Å². The van der Waals surface area contributed by atoms with Crippen molar-refractivity contribution in [2.45, 2.75) is 38.3 Å². The van der Waals surface area contributed by atoms with Crippen LogP contribution in [-0.4, -0.2) is 33.0 Å². The molecule has 1 aliphatic heterocycles. The molecule has 2 atom stereocenters. The molecule has 1 N–H and O–H groups in total. The van der Waals surface area contributed by atoms with Crippen LogP contribution in [0.3, 0.4) is 0 Å². The summed E-state index contributed by atoms with van der Waals surface area (Å²) in [5, 5.41) is 9.20. The molecule has 2 unspecified atom stereocenters. The molecule has 0 aliphatic carbocycles. The molecule has 2 heterocycles. The van der Waals surface area contributed by atoms with Gasteiger partial charge in [0.2, 0.25) is 0 Å². The van der Waals surface area contributed by atoms with Crippen LogP contribution < -0.4 is 0 Å². The minimum absolute atomic E-state index is 0.0945. The van der Waals surface area contributed by atoms with E-state index in [4.69, 9.17) is 0 Å². The molecule has 0 fully saturated rings. The number of aryl methyl sites for hydroxylation is 1. The van der Waals surface area contributed by atoms with Gasteiger partial charge >= 0.3 is 0 Å². The van der Waals surface area contributed by atoms with Gasteiger partial charge in [-0.15, -0.1) is 0 Å². The summed E-state index contributed by atoms with van der Waals surface area (Å²) in [5.41, 5.74) is -0.0945. The van der Waals surface area contributed by atoms with E-state index < -0.39 is 0 Å². The van der Waals surface area contributed by atoms with Crippen molar-refractivity contribution in [1.82, 2.24) is 9.55 Å². The maximum absolute atomic E-state index is 9.20. The third-order valence-electron chi connectivity index (χ3n) is 3.42. The Kier molecular flexibility index (Phi) is 4.31. The zero-order chi connectivity index (χ0) is 12.8. The number of aliphatic imine (C=N–C) groups is 1. The summed E-state index contributed by atoms with van der Waals surface area (Å²) in [4.78, 5) is 8.64. The molecule has 18 heavy (non-hydrogen) atoms. The highest BCUT2D eigenvalue weighted by Crippen LogP contribution is 2.30. The van der Waals surface area contributed by atoms with E-state index in [1.54, 1.807) is 6.20 Å². The van der Waals surface area contributed by atoms with Crippen LogP contribution in [-0.2, 0) is 6.54 Å². The molecule has 1 aromatic heterocycles. The summed E-state index contributed by atoms with van der Waals surface area (Å²) in [5.74, 6) is 0.290. The molecule has 0 saturated heterocycles. The smallest absolute Gasteiger partial charge is 0.0945 e. The van der Waals surface area contributed by atoms with Crippen molar-refractivity contribution in [3.8, 4) is 0 Å². The number of allylic oxidation sites excluding steroid dienone is 1. The summed E-state index contributed by atoms with van der Waals surface area (Å²) >= 11 is 0. The van der Waals surface area contributed by atoms with E-state index in [0.29, 0.717) is 0 Å². The molecular weight excluding hydrogens is 226 g/mol. The van der Waals surface area contributed by atoms with E-state index >= 15 is 0 Å². The minimum Gasteiger partial charge on any atom is -0.396 e. The number of imidazole rings is 1. The van der Waals surface area contributed by atoms with Crippen LogP contribution in [0, 0.1) is 5.92 Å². The monoisotopic (exact) mass is 247 g/mol. The maximum atomic E-state index is 9.20. The summed E-state index contributed by atoms with van der Waals surface area (Å²) in [6, 6.07) is 0. The lowest BCUT2D eigenvalue weighted by Gasteiger charge is -2.27. The van der Waals surface area contributed by atoms with E-state index in [2.05, 4.69) is 27.5 Å². The third kappa shape index (κ3) is 3.29. The second-order valence-electron chi connectivity index (χ2n) is 5.14. The second-order valence-corrected chi connectivity index (χ2v) is 5.14. The van der Waals surface area contributed by atoms with Gasteiger partial charge in [0.1, 0.15) is 0 Å². The topological polar surface area (TPSA) is 50.4 Å². The molecule has 4 nitrogen and oxygen atoms in total. The molecule has 0 bridgehead atoms. The Morgan fingerprint density at radius 1 is 1.44 bits per heavy atom. The van der Waals surface area contributed by atoms with Gasteiger partial charge in [-0.2, -0.15) is 0 Å². The van der Waals surface area contributed by atoms with Crippen LogP contribution in [0.1, 0.15) is 26.2 Å². The van der Waals surface area contributed by atoms with Crippen LogP contribution in [0.25, 0.3) is 0 Å². The molecule has 0 aromatic carbocycles. The van der Waals surface area contributed by atoms with Gasteiger partial charge in [0.05, 0.1) is 11.9 Å². The molecule has 2 rings (SSSR count). The maximum Gasteiger partial charge on any atom is 0.0945 e. The standard InChI is InChI=1S/C14H21N3O/c1-13(11-18)10-14(4-2-6-16-14)5-3-8-17-9-7-15-12-17/h2,4,6-7,9,12-13,18H,3,5,8,10-11H2,1H3. The molecule has 4 heteroatoms. The van der Waals surface area contributed by atoms with Gasteiger partial charge in [0, 0.05) is 31.8 Å². The number of aliphatic hydroxyl groups is 1. The van der Waals surface area contributed by atoms with Gasteiger partial charge in [-0.05, 0) is 31.3 Å². The van der Waals surface area contributed by atoms with Crippen molar-refractivity contribution < 1.29 is 5.11 Å². The SMILES string of the molecule is CC(CO)CC1(CCCn2ccnc2)C=CC=N1. The predicted octanol–water partition coefficient (Wildman–Crippen LogP) is 2.06. The van der Waals surface area contributed by atoms with E-state index in [0.717, 1.165) is 25.8 Å². The van der Waals surface area contributed by atoms with Crippen molar-refractivity contribution in [2.24, 2.45) is 10.9 Å². The summed E-state index contributed by atoms with van der Waals surface area (Å²) in [6.07, 6.45) is 14.7. The Bertz CT molecular complexity index is 397. The zero-order valence-electron chi connectivity index (χ0n) is 10.9. The van der Waals surface area contributed by atoms with Crippen molar-refractivity contribution in [3.63, 3.8) is 0 Å². The van der Waals surface area contributed by atoms with Crippen molar-refractivity contribution in [3.05, 3.63) is 30.9 Å². The number of hydrogen-bond acceptors (Lipinski definition) is 3. The van der Waals surface area contributed by atoms with Gasteiger partial charge < -0.3 is 9.67 Å². The first kappa shape index (κ1) is 13.0. The normalized spacial score (nSPS) is 23.7. The molecule has 0 amide bonds. The predicted molar refractivity (Wildman–Crippen MR) is 72.7 cm³/mol. The number of aliphatic hydroxyl groups excluding tert-OH is 1. The lowest BCUT2D eigenvalue weighted by molar-refractivity contribution is 0.209. The van der Waals surface area contributed by atoms with Crippen molar-refractivity contribution in [2.75, 3.05) is 6.61 Å². The Balaban J connectivity index is 1.87. The molecule has 98 valence electrons. The number of hydrogen-bond donors (Lipinski definition) is 1. The Morgan fingerprint density at radius 3 is 2.94 bits per heavy atom.